The number of methoxy groups -OCH3 is 3. The topological polar surface area (TPSA) is 209 Å². The molecule has 17 nitrogen and oxygen atoms in total. The maximum atomic E-state index is 11.6. The largest absolute Gasteiger partial charge is 0.514 e. The predicted octanol–water partition coefficient (Wildman–Crippen LogP) is 37.3. The van der Waals surface area contributed by atoms with Crippen LogP contribution in [0.1, 0.15) is 385 Å². The summed E-state index contributed by atoms with van der Waals surface area (Å²) in [4.78, 5) is 11.6. The van der Waals surface area contributed by atoms with Crippen LogP contribution in [0.5, 0.6) is 74.7 Å². The number of halogens is 4. The van der Waals surface area contributed by atoms with Gasteiger partial charge in [-0.1, -0.05) is 230 Å². The average molecular weight is 2240 g/mol. The van der Waals surface area contributed by atoms with Gasteiger partial charge >= 0.3 is 6.16 Å². The van der Waals surface area contributed by atoms with Crippen LogP contribution in [0.4, 0.5) is 4.79 Å². The van der Waals surface area contributed by atoms with Crippen molar-refractivity contribution in [3.63, 3.8) is 0 Å². The van der Waals surface area contributed by atoms with Crippen LogP contribution in [-0.2, 0) is 19.6 Å². The number of carbonyl (C=O) groups excluding carboxylic acids is 1. The van der Waals surface area contributed by atoms with Gasteiger partial charge in [-0.3, -0.25) is 0 Å². The van der Waals surface area contributed by atoms with Gasteiger partial charge in [-0.05, 0) is 425 Å². The monoisotopic (exact) mass is 2240 g/mol. The van der Waals surface area contributed by atoms with E-state index in [4.69, 9.17) is 56.8 Å². The minimum absolute atomic E-state index is 0.141. The first-order valence-corrected chi connectivity index (χ1v) is 54.9. The molecule has 0 radical (unpaired) electrons. The Morgan fingerprint density at radius 1 is 0.333 bits per heavy atom. The molecule has 1 aliphatic carbocycles. The number of phenols is 4. The van der Waals surface area contributed by atoms with Crippen LogP contribution in [0.15, 0.2) is 212 Å². The lowest BCUT2D eigenvalue weighted by molar-refractivity contribution is -0.0750. The highest BCUT2D eigenvalue weighted by atomic mass is 79.9. The number of hydrogen-bond donors (Lipinski definition) is 4. The highest BCUT2D eigenvalue weighted by molar-refractivity contribution is 9.11. The number of hydrogen-bond acceptors (Lipinski definition) is 17. The average Bonchev–Trinajstić information content (AvgIpc) is 0.841. The quantitative estimate of drug-likeness (QED) is 0.0125. The van der Waals surface area contributed by atoms with Gasteiger partial charge in [-0.25, -0.2) is 4.79 Å². The number of rotatable bonds is 36. The molecule has 0 heterocycles. The van der Waals surface area contributed by atoms with Crippen molar-refractivity contribution < 1.29 is 82.1 Å². The minimum atomic E-state index is -0.690. The summed E-state index contributed by atoms with van der Waals surface area (Å²) in [5.74, 6) is 12.7. The number of aromatic hydroxyl groups is 4. The van der Waals surface area contributed by atoms with Gasteiger partial charge in [0.2, 0.25) is 0 Å². The summed E-state index contributed by atoms with van der Waals surface area (Å²) in [7, 11) is 4.89. The molecule has 1 fully saturated rings. The van der Waals surface area contributed by atoms with Gasteiger partial charge in [0.15, 0.2) is 47.1 Å². The molecule has 0 spiro atoms. The molecule has 21 heteroatoms. The van der Waals surface area contributed by atoms with Crippen LogP contribution >= 0.6 is 63.7 Å². The van der Waals surface area contributed by atoms with E-state index < -0.39 is 18.0 Å². The zero-order valence-electron chi connectivity index (χ0n) is 92.5. The molecule has 0 aromatic heterocycles. The van der Waals surface area contributed by atoms with Crippen LogP contribution < -0.4 is 42.6 Å². The second-order valence-electron chi connectivity index (χ2n) is 40.3. The molecule has 0 bridgehead atoms. The molecule has 1 saturated carbocycles. The molecule has 0 amide bonds. The Kier molecular flexibility index (Phi) is 57.9. The molecular formula is C123H174Br4O17. The summed E-state index contributed by atoms with van der Waals surface area (Å²) in [6.45, 7) is 60.6. The van der Waals surface area contributed by atoms with Crippen molar-refractivity contribution in [2.75, 3.05) is 47.8 Å². The molecular weight excluding hydrogens is 2070 g/mol. The lowest BCUT2D eigenvalue weighted by Gasteiger charge is -2.22. The van der Waals surface area contributed by atoms with Crippen LogP contribution in [-0.4, -0.2) is 98.1 Å². The molecule has 0 aliphatic heterocycles. The molecule has 4 N–H and O–H groups in total. The maximum absolute atomic E-state index is 11.6. The van der Waals surface area contributed by atoms with Crippen molar-refractivity contribution in [1.82, 2.24) is 0 Å². The molecule has 10 aromatic rings. The second-order valence-corrected chi connectivity index (χ2v) is 43.8. The lowest BCUT2D eigenvalue weighted by Crippen LogP contribution is -2.26. The van der Waals surface area contributed by atoms with Crippen molar-refractivity contribution in [2.24, 2.45) is 0 Å². The van der Waals surface area contributed by atoms with E-state index in [1.165, 1.54) is 87.7 Å². The van der Waals surface area contributed by atoms with E-state index in [0.29, 0.717) is 114 Å². The third-order valence-corrected chi connectivity index (χ3v) is 28.3. The Hall–Kier alpha value is -9.09. The van der Waals surface area contributed by atoms with E-state index in [9.17, 15) is 25.2 Å². The Bertz CT molecular complexity index is 5190. The van der Waals surface area contributed by atoms with Gasteiger partial charge in [0.25, 0.3) is 0 Å². The van der Waals surface area contributed by atoms with Gasteiger partial charge in [-0.15, -0.1) is 0 Å². The number of ether oxygens (including phenoxy) is 12. The van der Waals surface area contributed by atoms with Gasteiger partial charge < -0.3 is 77.3 Å². The summed E-state index contributed by atoms with van der Waals surface area (Å²) in [6.07, 6.45) is 14.1. The number of benzene rings is 10. The summed E-state index contributed by atoms with van der Waals surface area (Å²) in [6, 6.07) is 63.8. The van der Waals surface area contributed by atoms with Crippen LogP contribution in [0.25, 0.3) is 0 Å². The van der Waals surface area contributed by atoms with Crippen molar-refractivity contribution >= 4 is 69.9 Å². The molecule has 0 saturated heterocycles. The van der Waals surface area contributed by atoms with Gasteiger partial charge in [0, 0.05) is 0 Å². The first-order valence-electron chi connectivity index (χ1n) is 51.7. The molecule has 144 heavy (non-hydrogen) atoms. The summed E-state index contributed by atoms with van der Waals surface area (Å²) < 4.78 is 70.5. The lowest BCUT2D eigenvalue weighted by atomic mass is 9.84. The molecule has 796 valence electrons. The molecule has 11 rings (SSSR count). The molecule has 10 atom stereocenters. The maximum Gasteiger partial charge on any atom is 0.514 e. The third-order valence-electron chi connectivity index (χ3n) is 25.8. The van der Waals surface area contributed by atoms with E-state index in [-0.39, 0.29) is 23.1 Å². The molecule has 10 aromatic carbocycles. The first kappa shape index (κ1) is 127. The SMILES string of the molecule is CCC(C)c1ccc(O)c(Br)c1.CCC(C)c1ccc(O)c(Br)c1.CCC(C)c1ccc(O)c(C)c1.CCC(C)c1ccc(O)c(OC)c1.CCC(C)c1ccc(OC(=O)OC(C)(C)C)c(Br)c1.CCC(C)c1ccc(OC(C)(C)C)c(Br)c1.CCC(C)c1ccc(OC(C)OCCOc2ccc(C(C)(C)C)cc2)c(OC)c1.CCC(C)c1ccc(OC(C)OCCOc2ccc(C3CCCCC3)cc2)c(OC)c1. The fraction of sp³-hybridized carbons (Fsp3) is 0.504. The standard InChI is InChI=1S/C27H38O4.C25H36O4.C15H21BrO3.C14H21BrO.C11H16O2.C11H16O.2C10H13BrO/c1-5-20(2)24-13-16-26(27(19-24)28-4)31-21(3)29-17-18-30-25-14-11-23(12-15-25)22-9-7-6-8-10-22;1-8-18(2)20-9-14-23(24(17-20)26-7)29-19(3)27-15-16-28-22-12-10-21(11-13-22)25(4,5)6;1-6-10(2)11-7-8-13(12(16)9-11)18-14(17)19-15(3,4)5;1-6-10(2)11-7-8-13(12(15)9-11)16-14(3,4)5;1-4-8(2)9-5-6-10(12)11(7-9)13-3;1-4-8(2)10-5-6-11(12)9(3)7-10;2*1-3-7(2)8-4-5-10(12)9(11)6-8/h11-16,19-22H,5-10,17-18H2,1-4H3;9-14,17-19H,8,15-16H2,1-7H3;7-10H,6H2,1-5H3;7-10H,6H2,1-5H3;5-8,12H,4H2,1-3H3;5-8,12H,4H2,1-3H3;2*4-7,12H,3H2,1-2H3. The fourth-order valence-corrected chi connectivity index (χ4v) is 16.5. The fourth-order valence-electron chi connectivity index (χ4n) is 14.7. The smallest absolute Gasteiger partial charge is 0.508 e. The Labute approximate surface area is 900 Å². The first-order chi connectivity index (χ1) is 68.0. The summed E-state index contributed by atoms with van der Waals surface area (Å²) in [5, 5.41) is 37.2. The Balaban J connectivity index is 0.000000353. The van der Waals surface area contributed by atoms with Crippen molar-refractivity contribution in [3.05, 3.63) is 273 Å². The van der Waals surface area contributed by atoms with E-state index in [1.54, 1.807) is 72.4 Å². The molecule has 1 aliphatic rings. The van der Waals surface area contributed by atoms with E-state index in [1.807, 2.05) is 106 Å². The summed E-state index contributed by atoms with van der Waals surface area (Å²) in [5.41, 5.74) is 13.3. The van der Waals surface area contributed by atoms with E-state index in [0.717, 1.165) is 109 Å². The van der Waals surface area contributed by atoms with E-state index >= 15 is 0 Å². The predicted molar refractivity (Wildman–Crippen MR) is 611 cm³/mol. The Morgan fingerprint density at radius 2 is 0.639 bits per heavy atom. The van der Waals surface area contributed by atoms with Crippen LogP contribution in [0, 0.1) is 6.92 Å². The number of phenolic OH excluding ortho intramolecular Hbond substituents is 4. The summed E-state index contributed by atoms with van der Waals surface area (Å²) >= 11 is 13.6. The highest BCUT2D eigenvalue weighted by Gasteiger charge is 2.24. The number of aryl methyl sites for hydroxylation is 1. The van der Waals surface area contributed by atoms with Crippen molar-refractivity contribution in [2.45, 2.75) is 360 Å². The zero-order valence-corrected chi connectivity index (χ0v) is 98.8. The molecule has 10 unspecified atom stereocenters. The normalized spacial score (nSPS) is 13.9. The Morgan fingerprint density at radius 3 is 0.958 bits per heavy atom. The zero-order chi connectivity index (χ0) is 108. The minimum Gasteiger partial charge on any atom is -0.508 e. The third kappa shape index (κ3) is 46.5. The van der Waals surface area contributed by atoms with Gasteiger partial charge in [0.05, 0.1) is 52.4 Å². The van der Waals surface area contributed by atoms with Gasteiger partial charge in [0.1, 0.15) is 64.7 Å². The van der Waals surface area contributed by atoms with Crippen molar-refractivity contribution in [3.8, 4) is 74.7 Å². The van der Waals surface area contributed by atoms with Gasteiger partial charge in [-0.2, -0.15) is 0 Å². The highest BCUT2D eigenvalue weighted by Crippen LogP contribution is 2.41. The van der Waals surface area contributed by atoms with Crippen molar-refractivity contribution in [1.29, 1.82) is 0 Å². The van der Waals surface area contributed by atoms with Crippen LogP contribution in [0.3, 0.4) is 0 Å². The second kappa shape index (κ2) is 65.6. The number of carbonyl (C=O) groups is 1. The van der Waals surface area contributed by atoms with Crippen LogP contribution in [0.2, 0.25) is 0 Å². The van der Waals surface area contributed by atoms with E-state index in [2.05, 4.69) is 295 Å².